The van der Waals surface area contributed by atoms with E-state index in [2.05, 4.69) is 4.98 Å². The second-order valence-electron chi connectivity index (χ2n) is 6.32. The molecule has 0 spiro atoms. The molecule has 0 bridgehead atoms. The molecule has 8 nitrogen and oxygen atoms in total. The predicted octanol–water partition coefficient (Wildman–Crippen LogP) is 2.57. The Kier molecular flexibility index (Phi) is 5.76. The first kappa shape index (κ1) is 20.7. The molecule has 0 radical (unpaired) electrons. The maximum absolute atomic E-state index is 13.0. The van der Waals surface area contributed by atoms with Crippen LogP contribution in [0.3, 0.4) is 0 Å². The molecule has 1 aliphatic rings. The molecule has 0 aliphatic carbocycles. The third-order valence-corrected chi connectivity index (χ3v) is 7.63. The van der Waals surface area contributed by atoms with Gasteiger partial charge in [-0.15, -0.1) is 11.3 Å². The molecule has 1 aliphatic heterocycles. The van der Waals surface area contributed by atoms with Crippen LogP contribution in [0.4, 0.5) is 0 Å². The summed E-state index contributed by atoms with van der Waals surface area (Å²) in [6.07, 6.45) is 1.90. The first-order valence-electron chi connectivity index (χ1n) is 8.28. The average Bonchev–Trinajstić information content (AvgIpc) is 3.07. The molecule has 1 aromatic heterocycles. The SMILES string of the molecule is C[C@]1(C(=O)O)C(=O)CCCN1S(=O)(=O)c1ccc(OCc2cnc(Cl)s2)cc1. The maximum atomic E-state index is 13.0. The van der Waals surface area contributed by atoms with Gasteiger partial charge in [-0.3, -0.25) is 4.79 Å². The first-order chi connectivity index (χ1) is 13.2. The lowest BCUT2D eigenvalue weighted by atomic mass is 9.89. The number of benzene rings is 1. The van der Waals surface area contributed by atoms with Crippen LogP contribution in [0.2, 0.25) is 4.47 Å². The number of carboxylic acids is 1. The van der Waals surface area contributed by atoms with Gasteiger partial charge in [-0.05, 0) is 37.6 Å². The van der Waals surface area contributed by atoms with Crippen LogP contribution in [0.25, 0.3) is 0 Å². The normalized spacial score (nSPS) is 20.9. The second-order valence-corrected chi connectivity index (χ2v) is 9.88. The van der Waals surface area contributed by atoms with Crippen molar-refractivity contribution in [1.29, 1.82) is 0 Å². The van der Waals surface area contributed by atoms with E-state index < -0.39 is 27.3 Å². The summed E-state index contributed by atoms with van der Waals surface area (Å²) in [7, 11) is -4.18. The lowest BCUT2D eigenvalue weighted by Gasteiger charge is -2.38. The molecule has 28 heavy (non-hydrogen) atoms. The van der Waals surface area contributed by atoms with Crippen molar-refractivity contribution in [2.45, 2.75) is 36.8 Å². The van der Waals surface area contributed by atoms with Crippen LogP contribution in [-0.4, -0.2) is 46.6 Å². The van der Waals surface area contributed by atoms with E-state index in [4.69, 9.17) is 16.3 Å². The van der Waals surface area contributed by atoms with Crippen molar-refractivity contribution in [3.63, 3.8) is 0 Å². The average molecular weight is 445 g/mol. The third-order valence-electron chi connectivity index (χ3n) is 4.54. The van der Waals surface area contributed by atoms with Crippen LogP contribution in [0, 0.1) is 0 Å². The fourth-order valence-electron chi connectivity index (χ4n) is 2.92. The molecular weight excluding hydrogens is 428 g/mol. The van der Waals surface area contributed by atoms with Crippen LogP contribution in [0.15, 0.2) is 35.4 Å². The number of hydrogen-bond acceptors (Lipinski definition) is 7. The van der Waals surface area contributed by atoms with Gasteiger partial charge in [-0.25, -0.2) is 18.2 Å². The van der Waals surface area contributed by atoms with Gasteiger partial charge in [-0.2, -0.15) is 4.31 Å². The number of Topliss-reactive ketones (excluding diaryl/α,β-unsaturated/α-hetero) is 1. The number of halogens is 1. The van der Waals surface area contributed by atoms with Gasteiger partial charge in [0.15, 0.2) is 15.8 Å². The Morgan fingerprint density at radius 2 is 2.07 bits per heavy atom. The molecule has 0 saturated carbocycles. The number of aromatic nitrogens is 1. The van der Waals surface area contributed by atoms with Crippen LogP contribution < -0.4 is 4.74 Å². The Morgan fingerprint density at radius 3 is 2.64 bits per heavy atom. The molecule has 1 atom stereocenters. The van der Waals surface area contributed by atoms with E-state index >= 15 is 0 Å². The Bertz CT molecular complexity index is 1000. The summed E-state index contributed by atoms with van der Waals surface area (Å²) in [5.74, 6) is -1.68. The summed E-state index contributed by atoms with van der Waals surface area (Å²) in [4.78, 5) is 28.5. The monoisotopic (exact) mass is 444 g/mol. The Hall–Kier alpha value is -2.01. The number of sulfonamides is 1. The van der Waals surface area contributed by atoms with Gasteiger partial charge < -0.3 is 9.84 Å². The molecule has 3 rings (SSSR count). The molecule has 1 fully saturated rings. The lowest BCUT2D eigenvalue weighted by Crippen LogP contribution is -2.62. The van der Waals surface area contributed by atoms with E-state index in [1.54, 1.807) is 6.20 Å². The van der Waals surface area contributed by atoms with Gasteiger partial charge in [-0.1, -0.05) is 11.6 Å². The van der Waals surface area contributed by atoms with E-state index in [1.165, 1.54) is 35.6 Å². The maximum Gasteiger partial charge on any atom is 0.332 e. The van der Waals surface area contributed by atoms with Crippen LogP contribution in [0.5, 0.6) is 5.75 Å². The summed E-state index contributed by atoms with van der Waals surface area (Å²) >= 11 is 7.03. The highest BCUT2D eigenvalue weighted by Gasteiger charge is 2.53. The molecular formula is C17H17ClN2O6S2. The highest BCUT2D eigenvalue weighted by molar-refractivity contribution is 7.89. The fourth-order valence-corrected chi connectivity index (χ4v) is 5.57. The molecule has 0 amide bonds. The quantitative estimate of drug-likeness (QED) is 0.681. The zero-order valence-corrected chi connectivity index (χ0v) is 17.2. The summed E-state index contributed by atoms with van der Waals surface area (Å²) < 4.78 is 32.7. The van der Waals surface area contributed by atoms with E-state index in [0.29, 0.717) is 10.2 Å². The van der Waals surface area contributed by atoms with Crippen molar-refractivity contribution in [2.24, 2.45) is 0 Å². The standard InChI is InChI=1S/C17H17ClN2O6S2/c1-17(15(22)23)14(21)3-2-8-20(17)28(24,25)13-6-4-11(5-7-13)26-10-12-9-19-16(18)27-12/h4-7,9H,2-3,8,10H2,1H3,(H,22,23)/t17-/m1/s1. The Morgan fingerprint density at radius 1 is 1.39 bits per heavy atom. The lowest BCUT2D eigenvalue weighted by molar-refractivity contribution is -0.155. The Labute approximate surface area is 170 Å². The molecule has 2 aromatic rings. The van der Waals surface area contributed by atoms with E-state index in [-0.39, 0.29) is 30.9 Å². The van der Waals surface area contributed by atoms with Gasteiger partial charge in [0, 0.05) is 19.2 Å². The molecule has 150 valence electrons. The Balaban J connectivity index is 1.81. The zero-order chi connectivity index (χ0) is 20.5. The highest BCUT2D eigenvalue weighted by Crippen LogP contribution is 2.32. The summed E-state index contributed by atoms with van der Waals surface area (Å²) in [5.41, 5.74) is -2.11. The number of carbonyl (C=O) groups excluding carboxylic acids is 1. The van der Waals surface area contributed by atoms with Gasteiger partial charge in [0.2, 0.25) is 10.0 Å². The van der Waals surface area contributed by atoms with Gasteiger partial charge in [0.25, 0.3) is 0 Å². The van der Waals surface area contributed by atoms with Crippen LogP contribution in [0.1, 0.15) is 24.6 Å². The largest absolute Gasteiger partial charge is 0.488 e. The molecule has 2 heterocycles. The molecule has 1 N–H and O–H groups in total. The van der Waals surface area contributed by atoms with E-state index in [1.807, 2.05) is 0 Å². The van der Waals surface area contributed by atoms with Crippen molar-refractivity contribution in [3.05, 3.63) is 39.8 Å². The minimum atomic E-state index is -4.18. The molecule has 0 unspecified atom stereocenters. The number of thiazole rings is 1. The van der Waals surface area contributed by atoms with E-state index in [9.17, 15) is 23.1 Å². The molecule has 1 saturated heterocycles. The predicted molar refractivity (Wildman–Crippen MR) is 102 cm³/mol. The summed E-state index contributed by atoms with van der Waals surface area (Å²) in [6.45, 7) is 1.32. The van der Waals surface area contributed by atoms with Crippen molar-refractivity contribution in [2.75, 3.05) is 6.54 Å². The van der Waals surface area contributed by atoms with Gasteiger partial charge >= 0.3 is 5.97 Å². The minimum Gasteiger partial charge on any atom is -0.488 e. The zero-order valence-electron chi connectivity index (χ0n) is 14.8. The number of aliphatic carboxylic acids is 1. The number of piperidine rings is 1. The topological polar surface area (TPSA) is 114 Å². The summed E-state index contributed by atoms with van der Waals surface area (Å²) in [5, 5.41) is 9.51. The van der Waals surface area contributed by atoms with E-state index in [0.717, 1.165) is 16.1 Å². The van der Waals surface area contributed by atoms with Gasteiger partial charge in [0.1, 0.15) is 12.4 Å². The number of ether oxygens (including phenoxy) is 1. The smallest absolute Gasteiger partial charge is 0.332 e. The fraction of sp³-hybridized carbons (Fsp3) is 0.353. The molecule has 11 heteroatoms. The van der Waals surface area contributed by atoms with Crippen molar-refractivity contribution in [1.82, 2.24) is 9.29 Å². The molecule has 1 aromatic carbocycles. The van der Waals surface area contributed by atoms with Crippen LogP contribution >= 0.6 is 22.9 Å². The number of hydrogen-bond donors (Lipinski definition) is 1. The number of nitrogens with zero attached hydrogens (tertiary/aromatic N) is 2. The number of carbonyl (C=O) groups is 2. The van der Waals surface area contributed by atoms with Crippen molar-refractivity contribution in [3.8, 4) is 5.75 Å². The highest BCUT2D eigenvalue weighted by atomic mass is 35.5. The van der Waals surface area contributed by atoms with Crippen molar-refractivity contribution >= 4 is 44.7 Å². The van der Waals surface area contributed by atoms with Gasteiger partial charge in [0.05, 0.1) is 9.77 Å². The van der Waals surface area contributed by atoms with Crippen molar-refractivity contribution < 1.29 is 27.9 Å². The summed E-state index contributed by atoms with van der Waals surface area (Å²) in [6, 6.07) is 5.59. The number of rotatable bonds is 6. The number of carboxylic acid groups (broad SMARTS) is 1. The third kappa shape index (κ3) is 3.77. The van der Waals surface area contributed by atoms with Crippen LogP contribution in [-0.2, 0) is 26.2 Å². The second kappa shape index (κ2) is 7.78. The number of ketones is 1. The minimum absolute atomic E-state index is 0.0309. The first-order valence-corrected chi connectivity index (χ1v) is 10.9.